The van der Waals surface area contributed by atoms with Crippen LogP contribution in [-0.2, 0) is 9.59 Å². The van der Waals surface area contributed by atoms with Gasteiger partial charge in [0.15, 0.2) is 5.78 Å². The molecule has 5 nitrogen and oxygen atoms in total. The Morgan fingerprint density at radius 3 is 2.48 bits per heavy atom. The molecule has 1 heterocycles. The van der Waals surface area contributed by atoms with Crippen molar-refractivity contribution in [1.82, 2.24) is 10.2 Å². The molecule has 134 valence electrons. The van der Waals surface area contributed by atoms with E-state index in [0.717, 1.165) is 32.1 Å². The Hall–Kier alpha value is -2.17. The number of benzene rings is 1. The van der Waals surface area contributed by atoms with Crippen molar-refractivity contribution in [2.75, 3.05) is 6.54 Å². The lowest BCUT2D eigenvalue weighted by molar-refractivity contribution is -0.138. The minimum absolute atomic E-state index is 0.0109. The van der Waals surface area contributed by atoms with Crippen molar-refractivity contribution in [3.63, 3.8) is 0 Å². The van der Waals surface area contributed by atoms with Crippen molar-refractivity contribution < 1.29 is 14.4 Å². The number of nitrogens with one attached hydrogen (secondary N) is 1. The fourth-order valence-electron chi connectivity index (χ4n) is 3.61. The van der Waals surface area contributed by atoms with Crippen LogP contribution in [0.5, 0.6) is 0 Å². The molecule has 1 N–H and O–H groups in total. The van der Waals surface area contributed by atoms with Gasteiger partial charge in [-0.25, -0.2) is 0 Å². The molecule has 0 radical (unpaired) electrons. The van der Waals surface area contributed by atoms with Crippen LogP contribution in [0.15, 0.2) is 30.3 Å². The van der Waals surface area contributed by atoms with Crippen LogP contribution < -0.4 is 5.32 Å². The minimum atomic E-state index is -0.527. The summed E-state index contributed by atoms with van der Waals surface area (Å²) >= 11 is 0. The summed E-state index contributed by atoms with van der Waals surface area (Å²) in [6, 6.07) is 8.61. The first kappa shape index (κ1) is 17.6. The number of nitrogens with zero attached hydrogens (tertiary/aromatic N) is 1. The van der Waals surface area contributed by atoms with E-state index >= 15 is 0 Å². The summed E-state index contributed by atoms with van der Waals surface area (Å²) < 4.78 is 0. The zero-order chi connectivity index (χ0) is 17.8. The molecule has 2 fully saturated rings. The van der Waals surface area contributed by atoms with E-state index in [1.807, 2.05) is 30.3 Å². The monoisotopic (exact) mass is 342 g/mol. The van der Waals surface area contributed by atoms with Crippen molar-refractivity contribution >= 4 is 17.6 Å². The molecular formula is C20H26N2O3. The van der Waals surface area contributed by atoms with Gasteiger partial charge < -0.3 is 10.2 Å². The molecule has 0 spiro atoms. The number of Topliss-reactive ketones (excluding diaryl/α,β-unsaturated/α-hetero) is 1. The van der Waals surface area contributed by atoms with Gasteiger partial charge in [0.05, 0.1) is 0 Å². The smallest absolute Gasteiger partial charge is 0.245 e. The molecule has 1 aromatic carbocycles. The van der Waals surface area contributed by atoms with Crippen LogP contribution in [0.3, 0.4) is 0 Å². The van der Waals surface area contributed by atoms with E-state index in [1.54, 1.807) is 11.8 Å². The molecule has 2 aliphatic rings. The van der Waals surface area contributed by atoms with E-state index in [2.05, 4.69) is 5.32 Å². The van der Waals surface area contributed by atoms with E-state index in [4.69, 9.17) is 0 Å². The Kier molecular flexibility index (Phi) is 5.51. The average Bonchev–Trinajstić information content (AvgIpc) is 3.01. The van der Waals surface area contributed by atoms with Crippen LogP contribution in [0.4, 0.5) is 0 Å². The summed E-state index contributed by atoms with van der Waals surface area (Å²) in [5.41, 5.74) is 0.688. The van der Waals surface area contributed by atoms with Crippen molar-refractivity contribution in [2.24, 2.45) is 5.92 Å². The van der Waals surface area contributed by atoms with Crippen LogP contribution >= 0.6 is 0 Å². The molecule has 5 heteroatoms. The number of hydrogen-bond donors (Lipinski definition) is 1. The Morgan fingerprint density at radius 2 is 1.84 bits per heavy atom. The molecule has 1 saturated carbocycles. The molecule has 0 aromatic heterocycles. The second-order valence-corrected chi connectivity index (χ2v) is 7.18. The maximum Gasteiger partial charge on any atom is 0.245 e. The lowest BCUT2D eigenvalue weighted by Gasteiger charge is -2.30. The Bertz CT molecular complexity index is 640. The number of rotatable bonds is 6. The number of hydrogen-bond acceptors (Lipinski definition) is 3. The third-order valence-corrected chi connectivity index (χ3v) is 5.38. The second kappa shape index (κ2) is 7.81. The van der Waals surface area contributed by atoms with Crippen LogP contribution in [0.1, 0.15) is 55.8 Å². The normalized spacial score (nSPS) is 21.5. The van der Waals surface area contributed by atoms with E-state index in [1.165, 1.54) is 0 Å². The summed E-state index contributed by atoms with van der Waals surface area (Å²) in [6.07, 6.45) is 5.03. The maximum absolute atomic E-state index is 12.7. The van der Waals surface area contributed by atoms with Gasteiger partial charge in [0.2, 0.25) is 11.8 Å². The predicted octanol–water partition coefficient (Wildman–Crippen LogP) is 2.56. The molecule has 2 amide bonds. The number of carbonyl (C=O) groups is 3. The Morgan fingerprint density at radius 1 is 1.12 bits per heavy atom. The lowest BCUT2D eigenvalue weighted by Crippen LogP contribution is -2.50. The van der Waals surface area contributed by atoms with E-state index < -0.39 is 6.04 Å². The highest BCUT2D eigenvalue weighted by Crippen LogP contribution is 2.27. The first-order valence-corrected chi connectivity index (χ1v) is 9.25. The lowest BCUT2D eigenvalue weighted by atomic mass is 9.84. The highest BCUT2D eigenvalue weighted by molar-refractivity contribution is 5.97. The van der Waals surface area contributed by atoms with Crippen molar-refractivity contribution in [3.05, 3.63) is 35.9 Å². The first-order chi connectivity index (χ1) is 12.1. The molecule has 1 aliphatic carbocycles. The third kappa shape index (κ3) is 4.09. The maximum atomic E-state index is 12.7. The number of amides is 2. The summed E-state index contributed by atoms with van der Waals surface area (Å²) in [6.45, 7) is 2.41. The number of ketones is 1. The molecule has 2 atom stereocenters. The fourth-order valence-corrected chi connectivity index (χ4v) is 3.61. The summed E-state index contributed by atoms with van der Waals surface area (Å²) in [5, 5.41) is 2.85. The first-order valence-electron chi connectivity index (χ1n) is 9.25. The average molecular weight is 342 g/mol. The van der Waals surface area contributed by atoms with Gasteiger partial charge in [-0.3, -0.25) is 14.4 Å². The van der Waals surface area contributed by atoms with Gasteiger partial charge in [-0.2, -0.15) is 0 Å². The van der Waals surface area contributed by atoms with Crippen molar-refractivity contribution in [2.45, 2.75) is 57.5 Å². The zero-order valence-corrected chi connectivity index (χ0v) is 14.7. The van der Waals surface area contributed by atoms with Gasteiger partial charge in [-0.15, -0.1) is 0 Å². The molecule has 2 unspecified atom stereocenters. The molecule has 25 heavy (non-hydrogen) atoms. The topological polar surface area (TPSA) is 66.5 Å². The van der Waals surface area contributed by atoms with Crippen LogP contribution in [0.2, 0.25) is 0 Å². The standard InChI is InChI=1S/C20H26N2O3/c1-14(21-19(24)16-9-5-10-16)20(25)22-12-6-11-17(22)13-18(23)15-7-3-2-4-8-15/h2-4,7-8,14,16-17H,5-6,9-13H2,1H3,(H,21,24). The van der Waals surface area contributed by atoms with Crippen molar-refractivity contribution in [3.8, 4) is 0 Å². The molecular weight excluding hydrogens is 316 g/mol. The van der Waals surface area contributed by atoms with E-state index in [9.17, 15) is 14.4 Å². The Labute approximate surface area is 148 Å². The minimum Gasteiger partial charge on any atom is -0.344 e. The SMILES string of the molecule is CC(NC(=O)C1CCC1)C(=O)N1CCCC1CC(=O)c1ccccc1. The van der Waals surface area contributed by atoms with E-state index in [-0.39, 0.29) is 29.6 Å². The third-order valence-electron chi connectivity index (χ3n) is 5.38. The van der Waals surface area contributed by atoms with Gasteiger partial charge in [0.25, 0.3) is 0 Å². The van der Waals surface area contributed by atoms with Gasteiger partial charge >= 0.3 is 0 Å². The van der Waals surface area contributed by atoms with Gasteiger partial charge in [-0.05, 0) is 32.6 Å². The second-order valence-electron chi connectivity index (χ2n) is 7.18. The number of carbonyl (C=O) groups excluding carboxylic acids is 3. The largest absolute Gasteiger partial charge is 0.344 e. The molecule has 1 aliphatic heterocycles. The van der Waals surface area contributed by atoms with Crippen molar-refractivity contribution in [1.29, 1.82) is 0 Å². The highest BCUT2D eigenvalue weighted by atomic mass is 16.2. The van der Waals surface area contributed by atoms with Crippen LogP contribution in [-0.4, -0.2) is 41.1 Å². The van der Waals surface area contributed by atoms with Crippen LogP contribution in [0.25, 0.3) is 0 Å². The molecule has 1 saturated heterocycles. The molecule has 3 rings (SSSR count). The fraction of sp³-hybridized carbons (Fsp3) is 0.550. The van der Waals surface area contributed by atoms with Gasteiger partial charge in [-0.1, -0.05) is 36.8 Å². The summed E-state index contributed by atoms with van der Waals surface area (Å²) in [7, 11) is 0. The highest BCUT2D eigenvalue weighted by Gasteiger charge is 2.34. The summed E-state index contributed by atoms with van der Waals surface area (Å²) in [5.74, 6) is 0.0555. The van der Waals surface area contributed by atoms with E-state index in [0.29, 0.717) is 18.5 Å². The quantitative estimate of drug-likeness (QED) is 0.808. The predicted molar refractivity (Wildman–Crippen MR) is 95.1 cm³/mol. The number of likely N-dealkylation sites (tertiary alicyclic amines) is 1. The molecule has 1 aromatic rings. The van der Waals surface area contributed by atoms with Crippen LogP contribution in [0, 0.1) is 5.92 Å². The summed E-state index contributed by atoms with van der Waals surface area (Å²) in [4.78, 5) is 39.0. The molecule has 0 bridgehead atoms. The Balaban J connectivity index is 1.57. The van der Waals surface area contributed by atoms with Gasteiger partial charge in [0, 0.05) is 30.5 Å². The van der Waals surface area contributed by atoms with Gasteiger partial charge in [0.1, 0.15) is 6.04 Å². The zero-order valence-electron chi connectivity index (χ0n) is 14.7.